The fourth-order valence-corrected chi connectivity index (χ4v) is 3.54. The minimum absolute atomic E-state index is 0.606. The van der Waals surface area contributed by atoms with Crippen molar-refractivity contribution >= 4 is 32.4 Å². The maximum atomic E-state index is 3.73. The SMILES string of the molecule is CCN1CCCC(Nc2ccc3cc(Br)ccc3c2)CC1. The molecule has 1 aliphatic rings. The molecular weight excluding hydrogens is 324 g/mol. The zero-order valence-corrected chi connectivity index (χ0v) is 14.2. The highest BCUT2D eigenvalue weighted by atomic mass is 79.9. The number of hydrogen-bond donors (Lipinski definition) is 1. The summed E-state index contributed by atoms with van der Waals surface area (Å²) in [5.41, 5.74) is 1.25. The summed E-state index contributed by atoms with van der Waals surface area (Å²) in [6.45, 7) is 5.90. The quantitative estimate of drug-likeness (QED) is 0.851. The largest absolute Gasteiger partial charge is 0.382 e. The first-order valence-electron chi connectivity index (χ1n) is 7.93. The first-order chi connectivity index (χ1) is 10.2. The zero-order chi connectivity index (χ0) is 14.7. The van der Waals surface area contributed by atoms with Gasteiger partial charge in [-0.15, -0.1) is 0 Å². The number of likely N-dealkylation sites (tertiary alicyclic amines) is 1. The van der Waals surface area contributed by atoms with Gasteiger partial charge in [0.2, 0.25) is 0 Å². The molecule has 1 fully saturated rings. The van der Waals surface area contributed by atoms with Crippen molar-refractivity contribution in [3.8, 4) is 0 Å². The minimum atomic E-state index is 0.606. The van der Waals surface area contributed by atoms with Gasteiger partial charge in [-0.05, 0) is 67.4 Å². The van der Waals surface area contributed by atoms with Crippen LogP contribution in [0.3, 0.4) is 0 Å². The third-order valence-electron chi connectivity index (χ3n) is 4.44. The summed E-state index contributed by atoms with van der Waals surface area (Å²) in [6, 6.07) is 13.7. The molecule has 0 spiro atoms. The highest BCUT2D eigenvalue weighted by molar-refractivity contribution is 9.10. The van der Waals surface area contributed by atoms with Crippen molar-refractivity contribution in [2.75, 3.05) is 25.0 Å². The van der Waals surface area contributed by atoms with Crippen LogP contribution in [0.15, 0.2) is 40.9 Å². The van der Waals surface area contributed by atoms with E-state index in [0.717, 1.165) is 4.47 Å². The molecule has 0 radical (unpaired) electrons. The summed E-state index contributed by atoms with van der Waals surface area (Å²) < 4.78 is 1.14. The molecule has 0 aromatic heterocycles. The molecule has 112 valence electrons. The molecule has 21 heavy (non-hydrogen) atoms. The topological polar surface area (TPSA) is 15.3 Å². The average molecular weight is 347 g/mol. The van der Waals surface area contributed by atoms with E-state index >= 15 is 0 Å². The molecule has 0 aliphatic carbocycles. The maximum Gasteiger partial charge on any atom is 0.0348 e. The van der Waals surface area contributed by atoms with Gasteiger partial charge in [0, 0.05) is 22.7 Å². The van der Waals surface area contributed by atoms with Crippen molar-refractivity contribution in [3.63, 3.8) is 0 Å². The fraction of sp³-hybridized carbons (Fsp3) is 0.444. The zero-order valence-electron chi connectivity index (χ0n) is 12.6. The van der Waals surface area contributed by atoms with Crippen LogP contribution in [-0.4, -0.2) is 30.6 Å². The van der Waals surface area contributed by atoms with Gasteiger partial charge in [0.15, 0.2) is 0 Å². The van der Waals surface area contributed by atoms with Gasteiger partial charge in [0.1, 0.15) is 0 Å². The van der Waals surface area contributed by atoms with Crippen molar-refractivity contribution < 1.29 is 0 Å². The van der Waals surface area contributed by atoms with Crippen LogP contribution in [0.2, 0.25) is 0 Å². The Hall–Kier alpha value is -1.06. The molecule has 2 aromatic carbocycles. The van der Waals surface area contributed by atoms with Crippen LogP contribution in [0.25, 0.3) is 10.8 Å². The third kappa shape index (κ3) is 3.78. The molecule has 1 atom stereocenters. The van der Waals surface area contributed by atoms with Crippen LogP contribution in [-0.2, 0) is 0 Å². The second-order valence-corrected chi connectivity index (χ2v) is 6.83. The molecule has 0 saturated carbocycles. The van der Waals surface area contributed by atoms with E-state index < -0.39 is 0 Å². The molecule has 3 heteroatoms. The number of benzene rings is 2. The first-order valence-corrected chi connectivity index (χ1v) is 8.72. The van der Waals surface area contributed by atoms with Crippen LogP contribution in [0.5, 0.6) is 0 Å². The second kappa shape index (κ2) is 6.80. The fourth-order valence-electron chi connectivity index (χ4n) is 3.16. The predicted molar refractivity (Wildman–Crippen MR) is 95.0 cm³/mol. The summed E-state index contributed by atoms with van der Waals surface area (Å²) in [5, 5.41) is 6.32. The Morgan fingerprint density at radius 3 is 2.76 bits per heavy atom. The lowest BCUT2D eigenvalue weighted by Gasteiger charge is -2.19. The van der Waals surface area contributed by atoms with Gasteiger partial charge in [-0.1, -0.05) is 35.0 Å². The number of nitrogens with zero attached hydrogens (tertiary/aromatic N) is 1. The van der Waals surface area contributed by atoms with Crippen molar-refractivity contribution in [3.05, 3.63) is 40.9 Å². The minimum Gasteiger partial charge on any atom is -0.382 e. The molecule has 1 unspecified atom stereocenters. The van der Waals surface area contributed by atoms with Crippen molar-refractivity contribution in [2.45, 2.75) is 32.2 Å². The summed E-state index contributed by atoms with van der Waals surface area (Å²) in [4.78, 5) is 2.56. The molecule has 2 nitrogen and oxygen atoms in total. The van der Waals surface area contributed by atoms with E-state index in [1.807, 2.05) is 0 Å². The predicted octanol–water partition coefficient (Wildman–Crippen LogP) is 4.89. The monoisotopic (exact) mass is 346 g/mol. The van der Waals surface area contributed by atoms with Crippen LogP contribution >= 0.6 is 15.9 Å². The second-order valence-electron chi connectivity index (χ2n) is 5.91. The molecular formula is C18H23BrN2. The van der Waals surface area contributed by atoms with Gasteiger partial charge in [-0.25, -0.2) is 0 Å². The first kappa shape index (κ1) is 14.9. The van der Waals surface area contributed by atoms with Crippen molar-refractivity contribution in [1.82, 2.24) is 4.90 Å². The summed E-state index contributed by atoms with van der Waals surface area (Å²) in [7, 11) is 0. The van der Waals surface area contributed by atoms with Crippen LogP contribution in [0.1, 0.15) is 26.2 Å². The number of nitrogens with one attached hydrogen (secondary N) is 1. The van der Waals surface area contributed by atoms with Crippen molar-refractivity contribution in [1.29, 1.82) is 0 Å². The van der Waals surface area contributed by atoms with E-state index in [9.17, 15) is 0 Å². The van der Waals surface area contributed by atoms with Crippen LogP contribution < -0.4 is 5.32 Å². The molecule has 1 aliphatic heterocycles. The van der Waals surface area contributed by atoms with E-state index in [2.05, 4.69) is 69.5 Å². The highest BCUT2D eigenvalue weighted by Gasteiger charge is 2.15. The van der Waals surface area contributed by atoms with Gasteiger partial charge in [-0.3, -0.25) is 0 Å². The Morgan fingerprint density at radius 1 is 1.10 bits per heavy atom. The Morgan fingerprint density at radius 2 is 1.90 bits per heavy atom. The lowest BCUT2D eigenvalue weighted by Crippen LogP contribution is -2.26. The van der Waals surface area contributed by atoms with Crippen molar-refractivity contribution in [2.24, 2.45) is 0 Å². The number of hydrogen-bond acceptors (Lipinski definition) is 2. The van der Waals surface area contributed by atoms with Crippen LogP contribution in [0, 0.1) is 0 Å². The van der Waals surface area contributed by atoms with E-state index in [4.69, 9.17) is 0 Å². The summed E-state index contributed by atoms with van der Waals surface area (Å²) in [6.07, 6.45) is 3.81. The van der Waals surface area contributed by atoms with Gasteiger partial charge in [-0.2, -0.15) is 0 Å². The molecule has 1 heterocycles. The van der Waals surface area contributed by atoms with Gasteiger partial charge in [0.25, 0.3) is 0 Å². The summed E-state index contributed by atoms with van der Waals surface area (Å²) in [5.74, 6) is 0. The van der Waals surface area contributed by atoms with Gasteiger partial charge in [0.05, 0.1) is 0 Å². The number of halogens is 1. The molecule has 0 amide bonds. The van der Waals surface area contributed by atoms with Gasteiger partial charge >= 0.3 is 0 Å². The smallest absolute Gasteiger partial charge is 0.0348 e. The van der Waals surface area contributed by atoms with Crippen LogP contribution in [0.4, 0.5) is 5.69 Å². The lowest BCUT2D eigenvalue weighted by atomic mass is 10.1. The third-order valence-corrected chi connectivity index (χ3v) is 4.93. The molecule has 2 aromatic rings. The molecule has 1 N–H and O–H groups in total. The average Bonchev–Trinajstić information content (AvgIpc) is 2.72. The Balaban J connectivity index is 1.71. The van der Waals surface area contributed by atoms with E-state index in [1.165, 1.54) is 55.4 Å². The van der Waals surface area contributed by atoms with Gasteiger partial charge < -0.3 is 10.2 Å². The van der Waals surface area contributed by atoms with E-state index in [-0.39, 0.29) is 0 Å². The molecule has 3 rings (SSSR count). The Labute approximate surface area is 135 Å². The number of fused-ring (bicyclic) bond motifs is 1. The Bertz CT molecular complexity index is 611. The number of anilines is 1. The summed E-state index contributed by atoms with van der Waals surface area (Å²) >= 11 is 3.53. The lowest BCUT2D eigenvalue weighted by molar-refractivity contribution is 0.300. The molecule has 1 saturated heterocycles. The van der Waals surface area contributed by atoms with E-state index in [0.29, 0.717) is 6.04 Å². The molecule has 0 bridgehead atoms. The standard InChI is InChI=1S/C18H23BrN2/c1-2-21-10-3-4-17(9-11-21)20-18-8-6-14-12-16(19)7-5-15(14)13-18/h5-8,12-13,17,20H,2-4,9-11H2,1H3. The normalized spacial score (nSPS) is 20.4. The number of rotatable bonds is 3. The Kier molecular flexibility index (Phi) is 4.81. The van der Waals surface area contributed by atoms with E-state index in [1.54, 1.807) is 0 Å². The highest BCUT2D eigenvalue weighted by Crippen LogP contribution is 2.24. The maximum absolute atomic E-state index is 3.73.